The van der Waals surface area contributed by atoms with Crippen LogP contribution in [0.2, 0.25) is 0 Å². The van der Waals surface area contributed by atoms with Crippen LogP contribution >= 0.6 is 0 Å². The van der Waals surface area contributed by atoms with Crippen LogP contribution in [0.15, 0.2) is 54.6 Å². The number of hydrogen-bond donors (Lipinski definition) is 1. The van der Waals surface area contributed by atoms with Gasteiger partial charge in [0.1, 0.15) is 0 Å². The zero-order chi connectivity index (χ0) is 20.9. The van der Waals surface area contributed by atoms with E-state index in [9.17, 15) is 4.79 Å². The van der Waals surface area contributed by atoms with Gasteiger partial charge in [-0.05, 0) is 62.2 Å². The quantitative estimate of drug-likeness (QED) is 0.677. The van der Waals surface area contributed by atoms with Gasteiger partial charge in [-0.2, -0.15) is 5.10 Å². The largest absolute Gasteiger partial charge is 0.378 e. The molecule has 1 aromatic heterocycles. The molecule has 4 rings (SSSR count). The fraction of sp³-hybridized carbons (Fsp3) is 0.333. The molecule has 1 saturated heterocycles. The Balaban J connectivity index is 1.35. The topological polar surface area (TPSA) is 59.4 Å². The van der Waals surface area contributed by atoms with Gasteiger partial charge >= 0.3 is 0 Å². The zero-order valence-corrected chi connectivity index (χ0v) is 17.6. The third-order valence-corrected chi connectivity index (χ3v) is 5.57. The summed E-state index contributed by atoms with van der Waals surface area (Å²) in [5, 5.41) is 7.68. The molecule has 0 aliphatic carbocycles. The van der Waals surface area contributed by atoms with Gasteiger partial charge in [0.25, 0.3) is 0 Å². The first kappa shape index (κ1) is 20.2. The number of nitrogens with one attached hydrogen (secondary N) is 1. The van der Waals surface area contributed by atoms with Crippen molar-refractivity contribution >= 4 is 17.3 Å². The van der Waals surface area contributed by atoms with E-state index in [1.807, 2.05) is 54.1 Å². The number of aryl methyl sites for hydroxylation is 1. The second-order valence-electron chi connectivity index (χ2n) is 7.59. The highest BCUT2D eigenvalue weighted by atomic mass is 16.5. The van der Waals surface area contributed by atoms with Gasteiger partial charge in [0.15, 0.2) is 0 Å². The number of ether oxygens (including phenoxy) is 1. The lowest BCUT2D eigenvalue weighted by Crippen LogP contribution is -2.36. The highest BCUT2D eigenvalue weighted by molar-refractivity contribution is 5.91. The average Bonchev–Trinajstić information content (AvgIpc) is 3.07. The predicted molar refractivity (Wildman–Crippen MR) is 119 cm³/mol. The van der Waals surface area contributed by atoms with E-state index in [0.29, 0.717) is 12.8 Å². The SMILES string of the molecule is Cc1nn(-c2ccccc2)c(C)c1CCC(=O)Nc1ccc(N2CCOCC2)cc1. The summed E-state index contributed by atoms with van der Waals surface area (Å²) in [5.74, 6) is 0.0142. The second-order valence-corrected chi connectivity index (χ2v) is 7.59. The van der Waals surface area contributed by atoms with Crippen LogP contribution in [0.1, 0.15) is 23.4 Å². The lowest BCUT2D eigenvalue weighted by atomic mass is 10.1. The molecule has 0 saturated carbocycles. The summed E-state index contributed by atoms with van der Waals surface area (Å²) in [6, 6.07) is 18.1. The first-order valence-electron chi connectivity index (χ1n) is 10.4. The monoisotopic (exact) mass is 404 g/mol. The Morgan fingerprint density at radius 3 is 2.40 bits per heavy atom. The van der Waals surface area contributed by atoms with E-state index in [4.69, 9.17) is 4.74 Å². The van der Waals surface area contributed by atoms with Crippen molar-refractivity contribution < 1.29 is 9.53 Å². The minimum Gasteiger partial charge on any atom is -0.378 e. The molecular weight excluding hydrogens is 376 g/mol. The molecule has 0 radical (unpaired) electrons. The lowest BCUT2D eigenvalue weighted by molar-refractivity contribution is -0.116. The highest BCUT2D eigenvalue weighted by Gasteiger charge is 2.15. The van der Waals surface area contributed by atoms with Crippen molar-refractivity contribution in [3.63, 3.8) is 0 Å². The molecule has 1 aliphatic rings. The smallest absolute Gasteiger partial charge is 0.224 e. The van der Waals surface area contributed by atoms with Crippen molar-refractivity contribution in [1.82, 2.24) is 9.78 Å². The summed E-state index contributed by atoms with van der Waals surface area (Å²) in [7, 11) is 0. The Morgan fingerprint density at radius 2 is 1.70 bits per heavy atom. The minimum absolute atomic E-state index is 0.0142. The molecule has 0 bridgehead atoms. The molecule has 6 heteroatoms. The summed E-state index contributed by atoms with van der Waals surface area (Å²) in [6.07, 6.45) is 1.09. The van der Waals surface area contributed by atoms with E-state index < -0.39 is 0 Å². The summed E-state index contributed by atoms with van der Waals surface area (Å²) in [6.45, 7) is 7.40. The number of rotatable bonds is 6. The number of amides is 1. The number of anilines is 2. The van der Waals surface area contributed by atoms with Gasteiger partial charge in [0.05, 0.1) is 24.6 Å². The molecule has 1 N–H and O–H groups in total. The van der Waals surface area contributed by atoms with Crippen molar-refractivity contribution in [3.05, 3.63) is 71.5 Å². The Morgan fingerprint density at radius 1 is 1.00 bits per heavy atom. The number of carbonyl (C=O) groups is 1. The van der Waals surface area contributed by atoms with Crippen molar-refractivity contribution in [2.24, 2.45) is 0 Å². The van der Waals surface area contributed by atoms with Crippen LogP contribution < -0.4 is 10.2 Å². The third-order valence-electron chi connectivity index (χ3n) is 5.57. The molecular formula is C24H28N4O2. The summed E-state index contributed by atoms with van der Waals surface area (Å²) < 4.78 is 7.35. The van der Waals surface area contributed by atoms with Gasteiger partial charge in [0.2, 0.25) is 5.91 Å². The van der Waals surface area contributed by atoms with Gasteiger partial charge in [-0.15, -0.1) is 0 Å². The fourth-order valence-corrected chi connectivity index (χ4v) is 3.90. The molecule has 1 fully saturated rings. The first-order chi connectivity index (χ1) is 14.6. The highest BCUT2D eigenvalue weighted by Crippen LogP contribution is 2.21. The first-order valence-corrected chi connectivity index (χ1v) is 10.4. The minimum atomic E-state index is 0.0142. The maximum absolute atomic E-state index is 12.5. The van der Waals surface area contributed by atoms with Crippen LogP contribution in [0.5, 0.6) is 0 Å². The molecule has 1 aliphatic heterocycles. The van der Waals surface area contributed by atoms with Crippen LogP contribution in [-0.4, -0.2) is 42.0 Å². The number of carbonyl (C=O) groups excluding carboxylic acids is 1. The maximum Gasteiger partial charge on any atom is 0.224 e. The van der Waals surface area contributed by atoms with E-state index in [-0.39, 0.29) is 5.91 Å². The van der Waals surface area contributed by atoms with Gasteiger partial charge in [-0.3, -0.25) is 4.79 Å². The van der Waals surface area contributed by atoms with Crippen LogP contribution in [0.4, 0.5) is 11.4 Å². The van der Waals surface area contributed by atoms with E-state index in [2.05, 4.69) is 34.4 Å². The van der Waals surface area contributed by atoms with Crippen molar-refractivity contribution in [1.29, 1.82) is 0 Å². The second kappa shape index (κ2) is 9.13. The maximum atomic E-state index is 12.5. The summed E-state index contributed by atoms with van der Waals surface area (Å²) >= 11 is 0. The van der Waals surface area contributed by atoms with Crippen molar-refractivity contribution in [2.75, 3.05) is 36.5 Å². The molecule has 3 aromatic rings. The van der Waals surface area contributed by atoms with Crippen molar-refractivity contribution in [2.45, 2.75) is 26.7 Å². The number of benzene rings is 2. The normalized spacial score (nSPS) is 14.0. The van der Waals surface area contributed by atoms with Gasteiger partial charge < -0.3 is 15.0 Å². The lowest BCUT2D eigenvalue weighted by Gasteiger charge is -2.28. The van der Waals surface area contributed by atoms with E-state index in [1.165, 1.54) is 0 Å². The fourth-order valence-electron chi connectivity index (χ4n) is 3.90. The van der Waals surface area contributed by atoms with Gasteiger partial charge in [0, 0.05) is 36.6 Å². The molecule has 2 heterocycles. The van der Waals surface area contributed by atoms with Gasteiger partial charge in [-0.25, -0.2) is 4.68 Å². The molecule has 0 spiro atoms. The van der Waals surface area contributed by atoms with E-state index in [0.717, 1.165) is 60.3 Å². The predicted octanol–water partition coefficient (Wildman–Crippen LogP) is 3.90. The Kier molecular flexibility index (Phi) is 6.14. The zero-order valence-electron chi connectivity index (χ0n) is 17.6. The molecule has 0 unspecified atom stereocenters. The molecule has 2 aromatic carbocycles. The summed E-state index contributed by atoms with van der Waals surface area (Å²) in [5.41, 5.74) is 6.22. The van der Waals surface area contributed by atoms with Crippen LogP contribution in [0.3, 0.4) is 0 Å². The molecule has 30 heavy (non-hydrogen) atoms. The molecule has 0 atom stereocenters. The van der Waals surface area contributed by atoms with Gasteiger partial charge in [-0.1, -0.05) is 18.2 Å². The molecule has 1 amide bonds. The number of aromatic nitrogens is 2. The van der Waals surface area contributed by atoms with Crippen molar-refractivity contribution in [3.8, 4) is 5.69 Å². The number of morpholine rings is 1. The average molecular weight is 405 g/mol. The van der Waals surface area contributed by atoms with Crippen LogP contribution in [0, 0.1) is 13.8 Å². The third kappa shape index (κ3) is 4.54. The van der Waals surface area contributed by atoms with E-state index in [1.54, 1.807) is 0 Å². The van der Waals surface area contributed by atoms with Crippen LogP contribution in [-0.2, 0) is 16.0 Å². The Labute approximate surface area is 177 Å². The number of nitrogens with zero attached hydrogens (tertiary/aromatic N) is 3. The Bertz CT molecular complexity index is 990. The summed E-state index contributed by atoms with van der Waals surface area (Å²) in [4.78, 5) is 14.8. The Hall–Kier alpha value is -3.12. The molecule has 6 nitrogen and oxygen atoms in total. The standard InChI is InChI=1S/C24H28N4O2/c1-18-23(19(2)28(26-18)22-6-4-3-5-7-22)12-13-24(29)25-20-8-10-21(11-9-20)27-14-16-30-17-15-27/h3-11H,12-17H2,1-2H3,(H,25,29). The van der Waals surface area contributed by atoms with E-state index >= 15 is 0 Å². The number of para-hydroxylation sites is 1. The number of hydrogen-bond acceptors (Lipinski definition) is 4. The van der Waals surface area contributed by atoms with Crippen LogP contribution in [0.25, 0.3) is 5.69 Å². The molecule has 156 valence electrons.